The number of aromatic nitrogens is 2. The van der Waals surface area contributed by atoms with Crippen LogP contribution in [0.2, 0.25) is 0 Å². The minimum Gasteiger partial charge on any atom is -0.509 e. The number of aryl methyl sites for hydroxylation is 1. The Morgan fingerprint density at radius 2 is 1.25 bits per heavy atom. The Morgan fingerprint density at radius 3 is 1.94 bits per heavy atom. The Labute approximate surface area is 418 Å². The summed E-state index contributed by atoms with van der Waals surface area (Å²) in [6.07, 6.45) is 1.59. The Morgan fingerprint density at radius 1 is 0.597 bits per heavy atom. The number of para-hydroxylation sites is 3. The van der Waals surface area contributed by atoms with E-state index >= 15 is 0 Å². The number of rotatable bonds is 7. The van der Waals surface area contributed by atoms with Crippen molar-refractivity contribution in [2.24, 2.45) is 0 Å². The number of pyridine rings is 1. The molecule has 0 N–H and O–H groups in total. The third-order valence-electron chi connectivity index (χ3n) is 12.6. The maximum absolute atomic E-state index is 8.65. The molecule has 0 fully saturated rings. The molecule has 6 heteroatoms. The first-order valence-electron chi connectivity index (χ1n) is 25.1. The monoisotopic (exact) mass is 1060 g/mol. The molecular weight excluding hydrogens is 1000 g/mol. The van der Waals surface area contributed by atoms with Crippen molar-refractivity contribution in [1.82, 2.24) is 9.55 Å². The first kappa shape index (κ1) is 39.7. The minimum absolute atomic E-state index is 0. The van der Waals surface area contributed by atoms with Gasteiger partial charge in [0.05, 0.1) is 6.85 Å². The SMILES string of the molecule is [2H]c1c([2H])c([2H])c(-c2cnc(-n3c4[c-]c(Oc5[c-]c(N6[CH-]N(c7cc(C(C)(C)C)cc(C(C)(C)C)c7)c7ccccc76)cc(-c6ccccc6C(C)(C)C)c5)ccc4c4ccccc43)cc2C)c([2H])c1[2H].[Pt]. The molecule has 0 amide bonds. The van der Waals surface area contributed by atoms with Gasteiger partial charge in [-0.2, -0.15) is 6.07 Å². The van der Waals surface area contributed by atoms with E-state index in [2.05, 4.69) is 176 Å². The van der Waals surface area contributed by atoms with Crippen molar-refractivity contribution < 1.29 is 32.7 Å². The standard InChI is InChI=1S/C61H57N4O.Pt/c1-40-30-58(62-38-52(40)41-20-12-11-13-21-41)65-54-25-17-15-23-50(54)51-29-28-47(37-57(51)65)66-48-32-42(49-22-14-16-24-53(49)61(8,9)10)31-45(36-48)63-39-64(56-27-19-18-26-55(56)63)46-34-43(59(2,3)4)33-44(35-46)60(5,6)7;/h11-35,38-39H,1-10H3;/q-3;/i11D,12D,13D,20D,21D;. The van der Waals surface area contributed by atoms with Crippen LogP contribution in [0.1, 0.15) is 91.4 Å². The summed E-state index contributed by atoms with van der Waals surface area (Å²) in [5.41, 5.74) is 12.5. The van der Waals surface area contributed by atoms with E-state index in [1.165, 1.54) is 16.7 Å². The van der Waals surface area contributed by atoms with Crippen LogP contribution < -0.4 is 14.5 Å². The summed E-state index contributed by atoms with van der Waals surface area (Å²) in [5.74, 6) is 1.59. The van der Waals surface area contributed by atoms with Crippen LogP contribution in [0.5, 0.6) is 11.5 Å². The summed E-state index contributed by atoms with van der Waals surface area (Å²) in [6.45, 7) is 24.4. The smallest absolute Gasteiger partial charge is 0.135 e. The van der Waals surface area contributed by atoms with Gasteiger partial charge in [-0.1, -0.05) is 159 Å². The number of ether oxygens (including phenoxy) is 1. The minimum atomic E-state index is -0.432. The zero-order valence-electron chi connectivity index (χ0n) is 44.7. The van der Waals surface area contributed by atoms with Crippen molar-refractivity contribution in [3.05, 3.63) is 199 Å². The quantitative estimate of drug-likeness (QED) is 0.149. The predicted octanol–water partition coefficient (Wildman–Crippen LogP) is 16.5. The molecule has 67 heavy (non-hydrogen) atoms. The normalized spacial score (nSPS) is 14.0. The van der Waals surface area contributed by atoms with E-state index in [-0.39, 0.29) is 67.0 Å². The topological polar surface area (TPSA) is 33.5 Å². The summed E-state index contributed by atoms with van der Waals surface area (Å²) in [7, 11) is 0. The summed E-state index contributed by atoms with van der Waals surface area (Å²) in [4.78, 5) is 9.39. The average Bonchev–Trinajstić information content (AvgIpc) is 3.88. The number of nitrogens with zero attached hydrogens (tertiary/aromatic N) is 4. The van der Waals surface area contributed by atoms with Crippen LogP contribution in [-0.4, -0.2) is 9.55 Å². The molecule has 0 spiro atoms. The van der Waals surface area contributed by atoms with Gasteiger partial charge in [0.25, 0.3) is 0 Å². The molecule has 340 valence electrons. The van der Waals surface area contributed by atoms with Crippen molar-refractivity contribution in [2.75, 3.05) is 9.80 Å². The van der Waals surface area contributed by atoms with Gasteiger partial charge in [-0.25, -0.2) is 4.98 Å². The molecule has 7 aromatic carbocycles. The maximum Gasteiger partial charge on any atom is 0.135 e. The van der Waals surface area contributed by atoms with Crippen LogP contribution in [-0.2, 0) is 37.3 Å². The second kappa shape index (κ2) is 17.3. The molecule has 3 heterocycles. The molecule has 1 aliphatic rings. The largest absolute Gasteiger partial charge is 0.509 e. The van der Waals surface area contributed by atoms with E-state index in [1.807, 2.05) is 47.9 Å². The molecule has 10 rings (SSSR count). The van der Waals surface area contributed by atoms with E-state index in [0.29, 0.717) is 28.4 Å². The Kier molecular flexibility index (Phi) is 10.3. The van der Waals surface area contributed by atoms with Crippen LogP contribution >= 0.6 is 0 Å². The van der Waals surface area contributed by atoms with Gasteiger partial charge in [-0.3, -0.25) is 0 Å². The van der Waals surface area contributed by atoms with Crippen molar-refractivity contribution in [1.29, 1.82) is 0 Å². The molecule has 5 nitrogen and oxygen atoms in total. The molecule has 9 aromatic rings. The van der Waals surface area contributed by atoms with Gasteiger partial charge in [-0.05, 0) is 98.3 Å². The molecule has 0 saturated carbocycles. The summed E-state index contributed by atoms with van der Waals surface area (Å²) < 4.78 is 51.0. The molecule has 1 aliphatic heterocycles. The fourth-order valence-electron chi connectivity index (χ4n) is 8.98. The van der Waals surface area contributed by atoms with Crippen molar-refractivity contribution in [3.8, 4) is 39.6 Å². The zero-order valence-corrected chi connectivity index (χ0v) is 42.0. The molecule has 0 bridgehead atoms. The van der Waals surface area contributed by atoms with Crippen molar-refractivity contribution >= 4 is 44.6 Å². The van der Waals surface area contributed by atoms with Crippen LogP contribution in [0.4, 0.5) is 22.7 Å². The molecular formula is C61H57N4OPt-3. The summed E-state index contributed by atoms with van der Waals surface area (Å²) in [6, 6.07) is 47.9. The number of hydrogen-bond acceptors (Lipinski definition) is 4. The van der Waals surface area contributed by atoms with E-state index in [4.69, 9.17) is 16.6 Å². The first-order valence-corrected chi connectivity index (χ1v) is 22.6. The van der Waals surface area contributed by atoms with Gasteiger partial charge in [0.2, 0.25) is 0 Å². The van der Waals surface area contributed by atoms with Crippen molar-refractivity contribution in [3.63, 3.8) is 0 Å². The fourth-order valence-corrected chi connectivity index (χ4v) is 8.98. The maximum atomic E-state index is 8.65. The Bertz CT molecular complexity index is 3540. The van der Waals surface area contributed by atoms with Crippen LogP contribution in [0.25, 0.3) is 49.9 Å². The van der Waals surface area contributed by atoms with Gasteiger partial charge in [0.15, 0.2) is 0 Å². The number of benzene rings is 7. The first-order chi connectivity index (χ1) is 33.6. The van der Waals surface area contributed by atoms with Gasteiger partial charge < -0.3 is 19.1 Å². The molecule has 0 radical (unpaired) electrons. The molecule has 0 aliphatic carbocycles. The van der Waals surface area contributed by atoms with Crippen LogP contribution in [0.3, 0.4) is 0 Å². The number of anilines is 4. The third kappa shape index (κ3) is 8.71. The second-order valence-electron chi connectivity index (χ2n) is 20.4. The third-order valence-corrected chi connectivity index (χ3v) is 12.6. The van der Waals surface area contributed by atoms with Gasteiger partial charge in [0.1, 0.15) is 5.82 Å². The average molecular weight is 1060 g/mol. The molecule has 2 aromatic heterocycles. The van der Waals surface area contributed by atoms with E-state index in [1.54, 1.807) is 6.20 Å². The van der Waals surface area contributed by atoms with Crippen LogP contribution in [0.15, 0.2) is 158 Å². The zero-order chi connectivity index (χ0) is 50.5. The fraction of sp³-hybridized carbons (Fsp3) is 0.213. The summed E-state index contributed by atoms with van der Waals surface area (Å²) in [5, 5.41) is 1.96. The second-order valence-corrected chi connectivity index (χ2v) is 20.4. The van der Waals surface area contributed by atoms with Gasteiger partial charge in [-0.15, -0.1) is 53.6 Å². The number of fused-ring (bicyclic) bond motifs is 4. The van der Waals surface area contributed by atoms with Crippen molar-refractivity contribution in [2.45, 2.75) is 85.5 Å². The molecule has 0 unspecified atom stereocenters. The van der Waals surface area contributed by atoms with Crippen LogP contribution in [0, 0.1) is 25.7 Å². The van der Waals surface area contributed by atoms with E-state index < -0.39 is 6.04 Å². The van der Waals surface area contributed by atoms with E-state index in [9.17, 15) is 0 Å². The van der Waals surface area contributed by atoms with Gasteiger partial charge in [0, 0.05) is 66.9 Å². The predicted molar refractivity (Wildman–Crippen MR) is 276 cm³/mol. The summed E-state index contributed by atoms with van der Waals surface area (Å²) >= 11 is 0. The molecule has 0 saturated heterocycles. The Balaban J connectivity index is 0.00000640. The molecule has 0 atom stereocenters. The van der Waals surface area contributed by atoms with E-state index in [0.717, 1.165) is 55.7 Å². The van der Waals surface area contributed by atoms with Gasteiger partial charge >= 0.3 is 0 Å². The Hall–Kier alpha value is -6.42. The number of hydrogen-bond donors (Lipinski definition) is 0.